The number of furan rings is 1. The van der Waals surface area contributed by atoms with Gasteiger partial charge in [-0.3, -0.25) is 4.39 Å². The van der Waals surface area contributed by atoms with Crippen LogP contribution in [0.25, 0.3) is 66.4 Å². The SMILES string of the molecule is C[Si](C)(C)c1ccc(-c2[c-]cc(F)cc2)nc1.[Ir].[c-]1ccc2c(oc3c4ccccc4ccc23)c1-c1cc(Cc2ccccc2)c(-c2ccccc2)cn1. The quantitative estimate of drug-likeness (QED) is 0.123. The Bertz CT molecular complexity index is 2670. The molecular formula is C48H37FIrN2OSi-2. The summed E-state index contributed by atoms with van der Waals surface area (Å²) in [5, 5.41) is 5.81. The Balaban J connectivity index is 0.000000211. The molecule has 0 amide bonds. The molecule has 0 spiro atoms. The zero-order valence-electron chi connectivity index (χ0n) is 30.2. The van der Waals surface area contributed by atoms with Crippen LogP contribution in [0.1, 0.15) is 11.1 Å². The summed E-state index contributed by atoms with van der Waals surface area (Å²) >= 11 is 0. The van der Waals surface area contributed by atoms with E-state index in [2.05, 4.69) is 146 Å². The predicted octanol–water partition coefficient (Wildman–Crippen LogP) is 12.1. The monoisotopic (exact) mass is 897 g/mol. The third kappa shape index (κ3) is 7.73. The van der Waals surface area contributed by atoms with Gasteiger partial charge in [-0.05, 0) is 45.1 Å². The maximum absolute atomic E-state index is 12.8. The molecule has 0 atom stereocenters. The molecule has 6 heteroatoms. The number of benzene rings is 6. The number of rotatable bonds is 6. The Morgan fingerprint density at radius 3 is 2.09 bits per heavy atom. The zero-order valence-corrected chi connectivity index (χ0v) is 33.6. The first-order valence-corrected chi connectivity index (χ1v) is 21.3. The minimum absolute atomic E-state index is 0. The summed E-state index contributed by atoms with van der Waals surface area (Å²) in [4.78, 5) is 9.35. The minimum Gasteiger partial charge on any atom is -0.500 e. The molecule has 0 bridgehead atoms. The van der Waals surface area contributed by atoms with Crippen LogP contribution in [0.2, 0.25) is 19.6 Å². The number of hydrogen-bond donors (Lipinski definition) is 0. The third-order valence-corrected chi connectivity index (χ3v) is 11.6. The molecule has 3 heterocycles. The topological polar surface area (TPSA) is 38.9 Å². The molecule has 0 aliphatic rings. The van der Waals surface area contributed by atoms with Gasteiger partial charge < -0.3 is 14.4 Å². The molecule has 3 aromatic heterocycles. The van der Waals surface area contributed by atoms with E-state index < -0.39 is 8.07 Å². The van der Waals surface area contributed by atoms with Gasteiger partial charge in [0.05, 0.1) is 13.7 Å². The standard InChI is InChI=1S/C34H22NO.C14H15FNSi.Ir/c1-3-10-23(11-4-1)20-26-21-32(35-22-31(26)24-12-5-2-6-13-24)30-17-9-16-28-29-19-18-25-14-7-8-15-27(25)33(29)36-34(28)30;1-17(2,3)13-8-9-14(16-10-13)11-4-6-12(15)7-5-11;/h1-16,18-19,21-22H,20H2;4,6-10H,1-3H3;/q2*-1;. The number of aromatic nitrogens is 2. The second-order valence-electron chi connectivity index (χ2n) is 14.2. The molecule has 1 radical (unpaired) electrons. The van der Waals surface area contributed by atoms with Gasteiger partial charge in [-0.15, -0.1) is 48.0 Å². The maximum Gasteiger partial charge on any atom is 0.128 e. The van der Waals surface area contributed by atoms with Gasteiger partial charge in [-0.1, -0.05) is 146 Å². The van der Waals surface area contributed by atoms with E-state index in [0.717, 1.165) is 61.8 Å². The summed E-state index contributed by atoms with van der Waals surface area (Å²) in [5.41, 5.74) is 9.97. The smallest absolute Gasteiger partial charge is 0.128 e. The van der Waals surface area contributed by atoms with Crippen molar-refractivity contribution >= 4 is 46.0 Å². The van der Waals surface area contributed by atoms with Crippen molar-refractivity contribution in [2.45, 2.75) is 26.1 Å². The summed E-state index contributed by atoms with van der Waals surface area (Å²) in [6.07, 6.45) is 4.74. The first kappa shape index (κ1) is 36.8. The Morgan fingerprint density at radius 1 is 0.648 bits per heavy atom. The van der Waals surface area contributed by atoms with Crippen LogP contribution in [-0.4, -0.2) is 18.0 Å². The van der Waals surface area contributed by atoms with Crippen LogP contribution in [0, 0.1) is 17.9 Å². The summed E-state index contributed by atoms with van der Waals surface area (Å²) in [5.74, 6) is -0.271. The van der Waals surface area contributed by atoms with Crippen molar-refractivity contribution in [3.63, 3.8) is 0 Å². The van der Waals surface area contributed by atoms with Crippen molar-refractivity contribution in [2.24, 2.45) is 0 Å². The largest absolute Gasteiger partial charge is 0.500 e. The molecule has 267 valence electrons. The molecule has 0 aliphatic carbocycles. The summed E-state index contributed by atoms with van der Waals surface area (Å²) < 4.78 is 19.3. The Hall–Kier alpha value is -5.52. The van der Waals surface area contributed by atoms with Crippen molar-refractivity contribution in [1.29, 1.82) is 0 Å². The molecule has 0 fully saturated rings. The molecule has 54 heavy (non-hydrogen) atoms. The molecule has 0 saturated heterocycles. The van der Waals surface area contributed by atoms with Crippen LogP contribution in [0.15, 0.2) is 162 Å². The zero-order chi connectivity index (χ0) is 36.4. The van der Waals surface area contributed by atoms with Gasteiger partial charge in [0, 0.05) is 54.7 Å². The molecule has 9 rings (SSSR count). The van der Waals surface area contributed by atoms with Gasteiger partial charge in [0.15, 0.2) is 0 Å². The van der Waals surface area contributed by atoms with E-state index in [0.29, 0.717) is 0 Å². The van der Waals surface area contributed by atoms with Crippen molar-refractivity contribution in [3.05, 3.63) is 187 Å². The number of nitrogens with zero attached hydrogens (tertiary/aromatic N) is 2. The van der Waals surface area contributed by atoms with Crippen LogP contribution in [-0.2, 0) is 26.5 Å². The van der Waals surface area contributed by atoms with Crippen LogP contribution < -0.4 is 5.19 Å². The van der Waals surface area contributed by atoms with Crippen molar-refractivity contribution in [1.82, 2.24) is 9.97 Å². The summed E-state index contributed by atoms with van der Waals surface area (Å²) in [6, 6.07) is 54.9. The first-order chi connectivity index (χ1) is 25.8. The van der Waals surface area contributed by atoms with Crippen molar-refractivity contribution in [2.75, 3.05) is 0 Å². The van der Waals surface area contributed by atoms with Crippen LogP contribution >= 0.6 is 0 Å². The Kier molecular flexibility index (Phi) is 10.8. The average Bonchev–Trinajstić information content (AvgIpc) is 3.59. The molecule has 3 nitrogen and oxygen atoms in total. The number of hydrogen-bond acceptors (Lipinski definition) is 3. The Labute approximate surface area is 329 Å². The van der Waals surface area contributed by atoms with Gasteiger partial charge >= 0.3 is 0 Å². The molecular weight excluding hydrogens is 860 g/mol. The number of fused-ring (bicyclic) bond motifs is 5. The molecule has 0 aliphatic heterocycles. The maximum atomic E-state index is 12.8. The van der Waals surface area contributed by atoms with Crippen molar-refractivity contribution < 1.29 is 28.9 Å². The summed E-state index contributed by atoms with van der Waals surface area (Å²) in [6.45, 7) is 6.86. The second kappa shape index (κ2) is 15.8. The molecule has 0 unspecified atom stereocenters. The van der Waals surface area contributed by atoms with E-state index in [1.165, 1.54) is 39.4 Å². The molecule has 0 saturated carbocycles. The fourth-order valence-electron chi connectivity index (χ4n) is 6.70. The minimum atomic E-state index is -1.30. The van der Waals surface area contributed by atoms with Crippen molar-refractivity contribution in [3.8, 4) is 33.6 Å². The van der Waals surface area contributed by atoms with E-state index in [-0.39, 0.29) is 25.9 Å². The third-order valence-electron chi connectivity index (χ3n) is 9.57. The van der Waals surface area contributed by atoms with E-state index in [4.69, 9.17) is 9.40 Å². The predicted molar refractivity (Wildman–Crippen MR) is 219 cm³/mol. The molecule has 6 aromatic carbocycles. The Morgan fingerprint density at radius 2 is 1.37 bits per heavy atom. The normalized spacial score (nSPS) is 11.3. The number of halogens is 1. The van der Waals surface area contributed by atoms with Gasteiger partial charge in [-0.2, -0.15) is 0 Å². The summed E-state index contributed by atoms with van der Waals surface area (Å²) in [7, 11) is -1.30. The van der Waals surface area contributed by atoms with Gasteiger partial charge in [0.2, 0.25) is 0 Å². The fourth-order valence-corrected chi connectivity index (χ4v) is 7.73. The van der Waals surface area contributed by atoms with Crippen LogP contribution in [0.5, 0.6) is 0 Å². The van der Waals surface area contributed by atoms with E-state index in [1.807, 2.05) is 30.6 Å². The van der Waals surface area contributed by atoms with Gasteiger partial charge in [0.25, 0.3) is 0 Å². The first-order valence-electron chi connectivity index (χ1n) is 17.8. The van der Waals surface area contributed by atoms with Crippen LogP contribution in [0.4, 0.5) is 4.39 Å². The van der Waals surface area contributed by atoms with E-state index in [9.17, 15) is 4.39 Å². The van der Waals surface area contributed by atoms with Gasteiger partial charge in [-0.25, -0.2) is 0 Å². The van der Waals surface area contributed by atoms with E-state index in [1.54, 1.807) is 6.07 Å². The van der Waals surface area contributed by atoms with Crippen LogP contribution in [0.3, 0.4) is 0 Å². The molecule has 0 N–H and O–H groups in total. The van der Waals surface area contributed by atoms with Gasteiger partial charge in [0.1, 0.15) is 5.58 Å². The number of pyridine rings is 2. The molecule has 9 aromatic rings. The van der Waals surface area contributed by atoms with E-state index >= 15 is 0 Å². The fraction of sp³-hybridized carbons (Fsp3) is 0.0833. The average molecular weight is 897 g/mol. The second-order valence-corrected chi connectivity index (χ2v) is 19.3.